The summed E-state index contributed by atoms with van der Waals surface area (Å²) in [6.07, 6.45) is 5.59. The van der Waals surface area contributed by atoms with Crippen LogP contribution in [0.5, 0.6) is 5.75 Å². The maximum Gasteiger partial charge on any atom is 0.407 e. The Bertz CT molecular complexity index is 1720. The van der Waals surface area contributed by atoms with Crippen LogP contribution in [-0.2, 0) is 17.7 Å². The summed E-state index contributed by atoms with van der Waals surface area (Å²) in [5, 5.41) is 11.0. The summed E-state index contributed by atoms with van der Waals surface area (Å²) in [5.41, 5.74) is 3.23. The molecule has 1 aliphatic carbocycles. The zero-order valence-electron chi connectivity index (χ0n) is 26.8. The highest BCUT2D eigenvalue weighted by molar-refractivity contribution is 6.01. The molecular weight excluding hydrogens is 582 g/mol. The second-order valence-corrected chi connectivity index (χ2v) is 12.9. The van der Waals surface area contributed by atoms with Gasteiger partial charge in [-0.15, -0.1) is 0 Å². The van der Waals surface area contributed by atoms with E-state index >= 15 is 0 Å². The summed E-state index contributed by atoms with van der Waals surface area (Å²) in [6.45, 7) is 6.55. The number of nitrogens with zero attached hydrogens (tertiary/aromatic N) is 4. The summed E-state index contributed by atoms with van der Waals surface area (Å²) in [4.78, 5) is 42.7. The van der Waals surface area contributed by atoms with Gasteiger partial charge < -0.3 is 30.3 Å². The molecule has 2 aliphatic rings. The van der Waals surface area contributed by atoms with E-state index in [1.807, 2.05) is 80.3 Å². The average Bonchev–Trinajstić information content (AvgIpc) is 3.02. The lowest BCUT2D eigenvalue weighted by molar-refractivity contribution is 0.0488. The number of methoxy groups -OCH3 is 1. The Labute approximate surface area is 269 Å². The molecule has 0 saturated heterocycles. The minimum atomic E-state index is -0.587. The lowest BCUT2D eigenvalue weighted by atomic mass is 9.90. The van der Waals surface area contributed by atoms with Crippen LogP contribution in [0.3, 0.4) is 0 Å². The highest BCUT2D eigenvalue weighted by Crippen LogP contribution is 2.31. The normalized spacial score (nSPS) is 18.1. The third-order valence-corrected chi connectivity index (χ3v) is 8.28. The number of anilines is 3. The first kappa shape index (κ1) is 31.1. The first-order chi connectivity index (χ1) is 22.1. The van der Waals surface area contributed by atoms with Crippen molar-refractivity contribution >= 4 is 40.4 Å². The van der Waals surface area contributed by atoms with Gasteiger partial charge in [0.05, 0.1) is 24.4 Å². The Morgan fingerprint density at radius 3 is 2.57 bits per heavy atom. The zero-order chi connectivity index (χ0) is 32.3. The monoisotopic (exact) mass is 623 g/mol. The quantitative estimate of drug-likeness (QED) is 0.209. The molecule has 2 atom stereocenters. The fourth-order valence-electron chi connectivity index (χ4n) is 6.06. The van der Waals surface area contributed by atoms with E-state index in [9.17, 15) is 9.59 Å². The van der Waals surface area contributed by atoms with Gasteiger partial charge in [-0.2, -0.15) is 4.98 Å². The number of carbonyl (C=O) groups excluding carboxylic acids is 2. The number of nitrogens with one attached hydrogen (secondary N) is 3. The summed E-state index contributed by atoms with van der Waals surface area (Å²) in [7, 11) is 1.63. The van der Waals surface area contributed by atoms with Crippen LogP contribution in [0.4, 0.5) is 22.2 Å². The van der Waals surface area contributed by atoms with Gasteiger partial charge in [-0.3, -0.25) is 9.78 Å². The summed E-state index contributed by atoms with van der Waals surface area (Å²) in [5.74, 6) is 1.50. The number of ether oxygens (including phenoxy) is 2. The first-order valence-corrected chi connectivity index (χ1v) is 15.9. The van der Waals surface area contributed by atoms with E-state index < -0.39 is 11.7 Å². The van der Waals surface area contributed by atoms with Gasteiger partial charge >= 0.3 is 6.09 Å². The Morgan fingerprint density at radius 2 is 1.80 bits per heavy atom. The predicted molar refractivity (Wildman–Crippen MR) is 178 cm³/mol. The molecule has 1 saturated carbocycles. The van der Waals surface area contributed by atoms with E-state index in [0.29, 0.717) is 42.5 Å². The number of aromatic nitrogens is 3. The SMILES string of the molecule is COc1ccc(CN2CCc3nc(N[C@@H]4CCCC[C@@H]4NC(=O)OC(C)(C)C)nc(Nc4ccc5ncccc5c4)c3C2=O)cc1. The number of benzene rings is 2. The molecule has 0 unspecified atom stereocenters. The van der Waals surface area contributed by atoms with Gasteiger partial charge in [-0.25, -0.2) is 9.78 Å². The van der Waals surface area contributed by atoms with Gasteiger partial charge in [-0.05, 0) is 75.6 Å². The minimum Gasteiger partial charge on any atom is -0.497 e. The number of hydrogen-bond donors (Lipinski definition) is 3. The fraction of sp³-hybridized carbons (Fsp3) is 0.400. The maximum atomic E-state index is 14.0. The summed E-state index contributed by atoms with van der Waals surface area (Å²) < 4.78 is 10.8. The molecule has 1 fully saturated rings. The molecular formula is C35H41N7O4. The van der Waals surface area contributed by atoms with Crippen LogP contribution in [0.2, 0.25) is 0 Å². The summed E-state index contributed by atoms with van der Waals surface area (Å²) >= 11 is 0. The Balaban J connectivity index is 1.30. The number of amides is 2. The lowest BCUT2D eigenvalue weighted by Crippen LogP contribution is -2.50. The van der Waals surface area contributed by atoms with Crippen LogP contribution < -0.4 is 20.7 Å². The molecule has 2 aromatic heterocycles. The average molecular weight is 624 g/mol. The third kappa shape index (κ3) is 7.30. The molecule has 0 bridgehead atoms. The number of rotatable bonds is 8. The van der Waals surface area contributed by atoms with Crippen molar-refractivity contribution in [3.8, 4) is 5.75 Å². The van der Waals surface area contributed by atoms with Crippen molar-refractivity contribution in [2.24, 2.45) is 0 Å². The smallest absolute Gasteiger partial charge is 0.407 e. The first-order valence-electron chi connectivity index (χ1n) is 15.9. The number of fused-ring (bicyclic) bond motifs is 2. The van der Waals surface area contributed by atoms with Crippen molar-refractivity contribution in [3.05, 3.63) is 77.6 Å². The molecule has 1 aliphatic heterocycles. The van der Waals surface area contributed by atoms with Gasteiger partial charge in [0.2, 0.25) is 5.95 Å². The summed E-state index contributed by atoms with van der Waals surface area (Å²) in [6, 6.07) is 17.3. The van der Waals surface area contributed by atoms with Crippen molar-refractivity contribution in [2.75, 3.05) is 24.3 Å². The molecule has 3 N–H and O–H groups in total. The molecule has 0 radical (unpaired) electrons. The van der Waals surface area contributed by atoms with E-state index in [0.717, 1.165) is 53.6 Å². The number of hydrogen-bond acceptors (Lipinski definition) is 9. The van der Waals surface area contributed by atoms with Crippen molar-refractivity contribution in [3.63, 3.8) is 0 Å². The molecule has 240 valence electrons. The molecule has 6 rings (SSSR count). The van der Waals surface area contributed by atoms with Crippen molar-refractivity contribution < 1.29 is 19.1 Å². The molecule has 11 heteroatoms. The van der Waals surface area contributed by atoms with Crippen molar-refractivity contribution in [2.45, 2.75) is 77.1 Å². The molecule has 11 nitrogen and oxygen atoms in total. The predicted octanol–water partition coefficient (Wildman–Crippen LogP) is 6.22. The molecule has 4 aromatic rings. The Morgan fingerprint density at radius 1 is 1.02 bits per heavy atom. The lowest BCUT2D eigenvalue weighted by Gasteiger charge is -2.34. The van der Waals surface area contributed by atoms with E-state index in [2.05, 4.69) is 20.9 Å². The highest BCUT2D eigenvalue weighted by Gasteiger charge is 2.33. The van der Waals surface area contributed by atoms with E-state index in [4.69, 9.17) is 19.4 Å². The van der Waals surface area contributed by atoms with Crippen LogP contribution in [0.1, 0.15) is 68.1 Å². The van der Waals surface area contributed by atoms with Gasteiger partial charge in [0.15, 0.2) is 0 Å². The van der Waals surface area contributed by atoms with Crippen molar-refractivity contribution in [1.82, 2.24) is 25.2 Å². The van der Waals surface area contributed by atoms with Gasteiger partial charge in [0.25, 0.3) is 5.91 Å². The Kier molecular flexibility index (Phi) is 8.92. The van der Waals surface area contributed by atoms with Gasteiger partial charge in [0, 0.05) is 42.8 Å². The second-order valence-electron chi connectivity index (χ2n) is 12.9. The number of carbonyl (C=O) groups is 2. The van der Waals surface area contributed by atoms with Crippen LogP contribution in [-0.4, -0.2) is 63.2 Å². The second kappa shape index (κ2) is 13.2. The van der Waals surface area contributed by atoms with E-state index in [1.165, 1.54) is 0 Å². The van der Waals surface area contributed by atoms with Crippen LogP contribution in [0.25, 0.3) is 10.9 Å². The number of alkyl carbamates (subject to hydrolysis) is 1. The zero-order valence-corrected chi connectivity index (χ0v) is 26.8. The molecule has 0 spiro atoms. The molecule has 2 amide bonds. The van der Waals surface area contributed by atoms with Gasteiger partial charge in [0.1, 0.15) is 22.7 Å². The highest BCUT2D eigenvalue weighted by atomic mass is 16.6. The van der Waals surface area contributed by atoms with Crippen LogP contribution in [0.15, 0.2) is 60.8 Å². The third-order valence-electron chi connectivity index (χ3n) is 8.28. The molecule has 46 heavy (non-hydrogen) atoms. The standard InChI is InChI=1S/C35H41N7O4/c1-35(2,3)46-34(44)40-28-10-6-5-9-27(28)38-33-39-29-17-19-42(21-22-11-14-25(45-4)15-12-22)32(43)30(29)31(41-33)37-24-13-16-26-23(20-24)8-7-18-36-26/h7-8,11-16,18,20,27-28H,5-6,9-10,17,19,21H2,1-4H3,(H,40,44)(H2,37,38,39,41)/t27-,28+/m1/s1. The Hall–Kier alpha value is -4.93. The molecule has 2 aromatic carbocycles. The maximum absolute atomic E-state index is 14.0. The minimum absolute atomic E-state index is 0.0928. The van der Waals surface area contributed by atoms with Gasteiger partial charge in [-0.1, -0.05) is 31.0 Å². The van der Waals surface area contributed by atoms with Crippen LogP contribution >= 0.6 is 0 Å². The molecule has 3 heterocycles. The van der Waals surface area contributed by atoms with Crippen LogP contribution in [0, 0.1) is 0 Å². The van der Waals surface area contributed by atoms with E-state index in [1.54, 1.807) is 13.3 Å². The number of pyridine rings is 1. The fourth-order valence-corrected chi connectivity index (χ4v) is 6.06. The topological polar surface area (TPSA) is 131 Å². The largest absolute Gasteiger partial charge is 0.497 e. The van der Waals surface area contributed by atoms with Crippen molar-refractivity contribution in [1.29, 1.82) is 0 Å². The van der Waals surface area contributed by atoms with E-state index in [-0.39, 0.29) is 18.0 Å².